The number of carbonyl (C=O) groups excluding carboxylic acids is 3. The number of non-ortho nitro benzene ring substituents is 1. The maximum absolute atomic E-state index is 14.2. The minimum absolute atomic E-state index is 0.0119. The highest BCUT2D eigenvalue weighted by atomic mass is 28.4. The van der Waals surface area contributed by atoms with Gasteiger partial charge in [-0.2, -0.15) is 0 Å². The number of hydrogen-bond donors (Lipinski definition) is 0. The number of cyclic esters (lactones) is 1. The first-order valence-corrected chi connectivity index (χ1v) is 26.7. The summed E-state index contributed by atoms with van der Waals surface area (Å²) in [6, 6.07) is 16.8. The third-order valence-corrected chi connectivity index (χ3v) is 18.0. The lowest BCUT2D eigenvalue weighted by atomic mass is 9.82. The molecule has 11 unspecified atom stereocenters. The van der Waals surface area contributed by atoms with Crippen LogP contribution >= 0.6 is 0 Å². The number of benzene rings is 2. The summed E-state index contributed by atoms with van der Waals surface area (Å²) in [5.41, 5.74) is -0.0409. The fourth-order valence-corrected chi connectivity index (χ4v) is 11.8. The van der Waals surface area contributed by atoms with Gasteiger partial charge in [-0.3, -0.25) is 19.8 Å². The van der Waals surface area contributed by atoms with E-state index in [2.05, 4.69) is 40.7 Å². The van der Waals surface area contributed by atoms with E-state index < -0.39 is 55.1 Å². The highest BCUT2D eigenvalue weighted by Gasteiger charge is 2.47. The number of hydrogen-bond acceptors (Lipinski definition) is 13. The van der Waals surface area contributed by atoms with E-state index in [0.29, 0.717) is 25.0 Å². The number of epoxide rings is 1. The molecule has 2 aromatic carbocycles. The number of nitro groups is 1. The summed E-state index contributed by atoms with van der Waals surface area (Å²) in [6.45, 7) is 22.3. The Labute approximate surface area is 398 Å². The minimum atomic E-state index is -2.23. The first-order chi connectivity index (χ1) is 31.9. The van der Waals surface area contributed by atoms with E-state index in [4.69, 9.17) is 37.9 Å². The number of allylic oxidation sites excluding steroid dienone is 3. The largest absolute Gasteiger partial charge is 0.458 e. The molecule has 2 aliphatic heterocycles. The molecule has 14 nitrogen and oxygen atoms in total. The highest BCUT2D eigenvalue weighted by molar-refractivity contribution is 6.73. The molecule has 0 bridgehead atoms. The quantitative estimate of drug-likeness (QED) is 0.0119. The zero-order valence-electron chi connectivity index (χ0n) is 41.5. The van der Waals surface area contributed by atoms with E-state index in [1.54, 1.807) is 25.1 Å². The molecule has 0 aromatic heterocycles. The lowest BCUT2D eigenvalue weighted by Gasteiger charge is -2.39. The van der Waals surface area contributed by atoms with E-state index in [9.17, 15) is 24.5 Å². The lowest BCUT2D eigenvalue weighted by molar-refractivity contribution is -0.384. The second-order valence-corrected chi connectivity index (χ2v) is 23.0. The summed E-state index contributed by atoms with van der Waals surface area (Å²) >= 11 is 0. The van der Waals surface area contributed by atoms with Crippen LogP contribution in [0.1, 0.15) is 119 Å². The average molecular weight is 950 g/mol. The van der Waals surface area contributed by atoms with Crippen molar-refractivity contribution in [1.29, 1.82) is 0 Å². The Kier molecular flexibility index (Phi) is 21.5. The molecule has 67 heavy (non-hydrogen) atoms. The monoisotopic (exact) mass is 950 g/mol. The first kappa shape index (κ1) is 54.9. The van der Waals surface area contributed by atoms with Crippen molar-refractivity contribution >= 4 is 31.9 Å². The summed E-state index contributed by atoms with van der Waals surface area (Å²) in [6.07, 6.45) is 9.57. The van der Waals surface area contributed by atoms with Crippen molar-refractivity contribution in [1.82, 2.24) is 0 Å². The van der Waals surface area contributed by atoms with Crippen molar-refractivity contribution in [3.63, 3.8) is 0 Å². The smallest absolute Gasteiger partial charge is 0.365 e. The molecule has 11 atom stereocenters. The van der Waals surface area contributed by atoms with Gasteiger partial charge in [0, 0.05) is 30.6 Å². The van der Waals surface area contributed by atoms with Crippen molar-refractivity contribution in [3.05, 3.63) is 106 Å². The Balaban J connectivity index is 1.59. The van der Waals surface area contributed by atoms with E-state index in [0.717, 1.165) is 30.1 Å². The molecule has 0 spiro atoms. The van der Waals surface area contributed by atoms with Gasteiger partial charge in [0.15, 0.2) is 20.4 Å². The van der Waals surface area contributed by atoms with Crippen LogP contribution in [0.4, 0.5) is 5.69 Å². The predicted molar refractivity (Wildman–Crippen MR) is 258 cm³/mol. The number of ether oxygens (including phenoxy) is 5. The number of nitro benzene ring substituents is 1. The second-order valence-electron chi connectivity index (χ2n) is 18.3. The van der Waals surface area contributed by atoms with Crippen molar-refractivity contribution in [3.8, 4) is 5.75 Å². The van der Waals surface area contributed by atoms with Gasteiger partial charge in [0.2, 0.25) is 0 Å². The van der Waals surface area contributed by atoms with E-state index >= 15 is 0 Å². The van der Waals surface area contributed by atoms with E-state index in [1.807, 2.05) is 71.0 Å². The van der Waals surface area contributed by atoms with Crippen LogP contribution in [0, 0.1) is 33.8 Å². The van der Waals surface area contributed by atoms with Crippen molar-refractivity contribution in [2.24, 2.45) is 23.7 Å². The second kappa shape index (κ2) is 26.2. The maximum Gasteiger partial charge on any atom is 0.365 e. The zero-order chi connectivity index (χ0) is 49.3. The molecule has 2 aliphatic rings. The number of carbonyl (C=O) groups is 3. The highest BCUT2D eigenvalue weighted by Crippen LogP contribution is 2.39. The van der Waals surface area contributed by atoms with Crippen LogP contribution in [0.25, 0.3) is 0 Å². The maximum atomic E-state index is 14.2. The number of rotatable bonds is 23. The Morgan fingerprint density at radius 3 is 2.27 bits per heavy atom. The Morgan fingerprint density at radius 1 is 0.985 bits per heavy atom. The molecule has 0 radical (unpaired) electrons. The standard InChI is InChI=1S/C52H75NO13Si/c1-12-45(61-50(55)40-23-18-17-19-24-40)38(9)49-46(60-49)33-35(6)21-20-22-36(7)48-37(8)25-30-44(51(56)65-64-42-28-26-41(27-29-42)53(57)58)52(11,63-39(10)59-13-2)32-31-43(34-47(54)62-48)66-67(14-3,15-4)16-5/h17-30,35,37-39,43-46,48-49H,12-16,31-34H2,1-11H3. The summed E-state index contributed by atoms with van der Waals surface area (Å²) in [5, 5.41) is 11.2. The van der Waals surface area contributed by atoms with Gasteiger partial charge in [0.25, 0.3) is 5.69 Å². The summed E-state index contributed by atoms with van der Waals surface area (Å²) in [5.74, 6) is -2.63. The summed E-state index contributed by atoms with van der Waals surface area (Å²) < 4.78 is 37.8. The van der Waals surface area contributed by atoms with Gasteiger partial charge in [-0.25, -0.2) is 14.5 Å². The molecule has 0 saturated carbocycles. The molecule has 1 saturated heterocycles. The fraction of sp³-hybridized carbons (Fsp3) is 0.596. The van der Waals surface area contributed by atoms with Crippen LogP contribution in [0.15, 0.2) is 90.6 Å². The Bertz CT molecular complexity index is 1980. The van der Waals surface area contributed by atoms with Crippen molar-refractivity contribution in [2.45, 2.75) is 169 Å². The fourth-order valence-electron chi connectivity index (χ4n) is 8.91. The molecule has 1 fully saturated rings. The van der Waals surface area contributed by atoms with Crippen LogP contribution in [-0.4, -0.2) is 80.2 Å². The minimum Gasteiger partial charge on any atom is -0.458 e. The molecular formula is C52H75NO13Si. The SMILES string of the molecule is CCOC(C)OC1(C)CCC(O[Si](CC)(CC)CC)CC(=O)OC(C(C)=CC=CC(C)CC2OC2C(C)C(CC)OC(=O)c2ccccc2)C(C)C=CC1C(=O)OOc1ccc([N+](=O)[O-])cc1. The zero-order valence-corrected chi connectivity index (χ0v) is 42.5. The van der Waals surface area contributed by atoms with Crippen LogP contribution in [0.5, 0.6) is 5.75 Å². The predicted octanol–water partition coefficient (Wildman–Crippen LogP) is 11.5. The molecular weight excluding hydrogens is 875 g/mol. The molecule has 0 N–H and O–H groups in total. The van der Waals surface area contributed by atoms with Crippen LogP contribution in [0.3, 0.4) is 0 Å². The van der Waals surface area contributed by atoms with Crippen molar-refractivity contribution in [2.75, 3.05) is 6.61 Å². The van der Waals surface area contributed by atoms with Crippen LogP contribution in [0.2, 0.25) is 18.1 Å². The molecule has 0 aliphatic carbocycles. The Hall–Kier alpha value is -4.67. The third kappa shape index (κ3) is 16.2. The molecule has 2 aromatic rings. The third-order valence-electron chi connectivity index (χ3n) is 13.3. The first-order valence-electron chi connectivity index (χ1n) is 24.2. The average Bonchev–Trinajstić information content (AvgIpc) is 4.08. The van der Waals surface area contributed by atoms with E-state index in [-0.39, 0.29) is 66.4 Å². The van der Waals surface area contributed by atoms with Gasteiger partial charge in [0.1, 0.15) is 18.1 Å². The van der Waals surface area contributed by atoms with Crippen LogP contribution < -0.4 is 4.89 Å². The normalized spacial score (nSPS) is 25.7. The lowest BCUT2D eigenvalue weighted by Crippen LogP contribution is -2.47. The van der Waals surface area contributed by atoms with Gasteiger partial charge in [-0.15, -0.1) is 0 Å². The van der Waals surface area contributed by atoms with E-state index in [1.165, 1.54) is 24.3 Å². The van der Waals surface area contributed by atoms with Crippen molar-refractivity contribution < 1.29 is 57.2 Å². The van der Waals surface area contributed by atoms with Gasteiger partial charge in [0.05, 0.1) is 40.8 Å². The molecule has 0 amide bonds. The van der Waals surface area contributed by atoms with Gasteiger partial charge in [-0.1, -0.05) is 97.0 Å². The van der Waals surface area contributed by atoms with Gasteiger partial charge >= 0.3 is 17.9 Å². The molecule has 4 rings (SSSR count). The summed E-state index contributed by atoms with van der Waals surface area (Å²) in [4.78, 5) is 62.6. The van der Waals surface area contributed by atoms with Gasteiger partial charge < -0.3 is 28.1 Å². The molecule has 15 heteroatoms. The van der Waals surface area contributed by atoms with Gasteiger partial charge in [-0.05, 0) is 107 Å². The Morgan fingerprint density at radius 2 is 1.66 bits per heavy atom. The molecule has 2 heterocycles. The summed E-state index contributed by atoms with van der Waals surface area (Å²) in [7, 11) is -2.23. The van der Waals surface area contributed by atoms with Crippen LogP contribution in [-0.2, 0) is 42.6 Å². The topological polar surface area (TPSA) is 171 Å². The number of nitrogens with zero attached hydrogens (tertiary/aromatic N) is 1. The molecule has 370 valence electrons. The number of esters is 2.